The highest BCUT2D eigenvalue weighted by molar-refractivity contribution is 7.12. The molecule has 2 N–H and O–H groups in total. The molecule has 1 aromatic carbocycles. The number of carbonyl (C=O) groups is 1. The summed E-state index contributed by atoms with van der Waals surface area (Å²) < 4.78 is 0. The molecule has 124 valence electrons. The molecule has 0 aliphatic carbocycles. The van der Waals surface area contributed by atoms with E-state index in [2.05, 4.69) is 48.7 Å². The monoisotopic (exact) mass is 339 g/mol. The molecule has 0 aliphatic rings. The molecule has 0 unspecified atom stereocenters. The average molecular weight is 339 g/mol. The van der Waals surface area contributed by atoms with Gasteiger partial charge in [-0.25, -0.2) is 4.98 Å². The lowest BCUT2D eigenvalue weighted by molar-refractivity contribution is 0.0959. The van der Waals surface area contributed by atoms with Crippen molar-refractivity contribution in [2.24, 2.45) is 0 Å². The molecule has 2 heterocycles. The Morgan fingerprint density at radius 2 is 2.08 bits per heavy atom. The van der Waals surface area contributed by atoms with E-state index in [4.69, 9.17) is 4.98 Å². The van der Waals surface area contributed by atoms with Crippen molar-refractivity contribution in [1.29, 1.82) is 0 Å². The number of carbonyl (C=O) groups excluding carboxylic acids is 1. The van der Waals surface area contributed by atoms with Gasteiger partial charge < -0.3 is 10.6 Å². The van der Waals surface area contributed by atoms with Gasteiger partial charge in [-0.2, -0.15) is 0 Å². The van der Waals surface area contributed by atoms with Crippen LogP contribution in [0.2, 0.25) is 0 Å². The van der Waals surface area contributed by atoms with Gasteiger partial charge in [0.05, 0.1) is 10.4 Å². The van der Waals surface area contributed by atoms with E-state index in [0.717, 1.165) is 22.6 Å². The average Bonchev–Trinajstić information content (AvgIpc) is 3.13. The number of nitrogens with zero attached hydrogens (tertiary/aromatic N) is 1. The number of fused-ring (bicyclic) bond motifs is 1. The van der Waals surface area contributed by atoms with E-state index >= 15 is 0 Å². The fraction of sp³-hybridized carbons (Fsp3) is 0.263. The van der Waals surface area contributed by atoms with E-state index in [1.807, 2.05) is 17.5 Å². The number of aromatic nitrogens is 1. The third kappa shape index (κ3) is 3.57. The normalized spacial score (nSPS) is 10.8. The molecule has 0 atom stereocenters. The number of para-hydroxylation sites is 1. The van der Waals surface area contributed by atoms with E-state index in [0.29, 0.717) is 13.1 Å². The van der Waals surface area contributed by atoms with Crippen molar-refractivity contribution in [3.8, 4) is 0 Å². The molecule has 0 saturated carbocycles. The van der Waals surface area contributed by atoms with Gasteiger partial charge in [0.1, 0.15) is 5.82 Å². The number of amides is 1. The number of pyridine rings is 1. The maximum Gasteiger partial charge on any atom is 0.261 e. The van der Waals surface area contributed by atoms with Crippen molar-refractivity contribution >= 4 is 34.0 Å². The summed E-state index contributed by atoms with van der Waals surface area (Å²) >= 11 is 1.45. The molecule has 0 bridgehead atoms. The summed E-state index contributed by atoms with van der Waals surface area (Å²) in [6.45, 7) is 5.41. The summed E-state index contributed by atoms with van der Waals surface area (Å²) in [4.78, 5) is 17.4. The summed E-state index contributed by atoms with van der Waals surface area (Å²) in [6, 6.07) is 12.1. The lowest BCUT2D eigenvalue weighted by Gasteiger charge is -2.13. The molecular weight excluding hydrogens is 318 g/mol. The first-order valence-electron chi connectivity index (χ1n) is 8.14. The first-order valence-corrected chi connectivity index (χ1v) is 9.02. The van der Waals surface area contributed by atoms with E-state index in [1.165, 1.54) is 27.8 Å². The van der Waals surface area contributed by atoms with Crippen LogP contribution in [0.3, 0.4) is 0 Å². The first-order chi connectivity index (χ1) is 11.7. The first kappa shape index (κ1) is 16.5. The second-order valence-corrected chi connectivity index (χ2v) is 6.60. The van der Waals surface area contributed by atoms with Gasteiger partial charge in [-0.1, -0.05) is 31.2 Å². The van der Waals surface area contributed by atoms with Crippen molar-refractivity contribution in [2.75, 3.05) is 18.4 Å². The van der Waals surface area contributed by atoms with Crippen molar-refractivity contribution in [1.82, 2.24) is 10.3 Å². The van der Waals surface area contributed by atoms with Crippen molar-refractivity contribution in [2.45, 2.75) is 20.3 Å². The van der Waals surface area contributed by atoms with Crippen LogP contribution < -0.4 is 10.6 Å². The zero-order valence-corrected chi connectivity index (χ0v) is 14.7. The summed E-state index contributed by atoms with van der Waals surface area (Å²) in [7, 11) is 0. The molecule has 0 saturated heterocycles. The topological polar surface area (TPSA) is 54.0 Å². The zero-order chi connectivity index (χ0) is 16.9. The quantitative estimate of drug-likeness (QED) is 0.667. The number of thiophene rings is 1. The molecule has 0 radical (unpaired) electrons. The van der Waals surface area contributed by atoms with Crippen LogP contribution in [0.25, 0.3) is 10.9 Å². The number of aryl methyl sites for hydroxylation is 2. The minimum Gasteiger partial charge on any atom is -0.368 e. The Morgan fingerprint density at radius 3 is 2.83 bits per heavy atom. The number of hydrogen-bond acceptors (Lipinski definition) is 4. The molecule has 3 aromatic rings. The molecule has 0 spiro atoms. The Kier molecular flexibility index (Phi) is 5.11. The Hall–Kier alpha value is -2.40. The van der Waals surface area contributed by atoms with Crippen LogP contribution in [0, 0.1) is 6.92 Å². The molecule has 1 amide bonds. The summed E-state index contributed by atoms with van der Waals surface area (Å²) in [6.07, 6.45) is 0.917. The summed E-state index contributed by atoms with van der Waals surface area (Å²) in [5.74, 6) is 0.884. The van der Waals surface area contributed by atoms with Gasteiger partial charge in [0.15, 0.2) is 0 Å². The van der Waals surface area contributed by atoms with Gasteiger partial charge in [-0.15, -0.1) is 11.3 Å². The standard InChI is InChI=1S/C19H21N3OS/c1-3-14-12-15-7-4-6-13(2)17(15)22-18(14)20-9-10-21-19(23)16-8-5-11-24-16/h4-8,11-12H,3,9-10H2,1-2H3,(H,20,22)(H,21,23). The Morgan fingerprint density at radius 1 is 1.21 bits per heavy atom. The second kappa shape index (κ2) is 7.45. The molecule has 3 rings (SSSR count). The third-order valence-electron chi connectivity index (χ3n) is 3.96. The molecule has 0 fully saturated rings. The van der Waals surface area contributed by atoms with Gasteiger partial charge in [-0.3, -0.25) is 4.79 Å². The molecule has 0 aliphatic heterocycles. The Bertz CT molecular complexity index is 843. The minimum absolute atomic E-state index is 0.0233. The number of hydrogen-bond donors (Lipinski definition) is 2. The maximum atomic E-state index is 11.9. The number of nitrogens with one attached hydrogen (secondary N) is 2. The number of anilines is 1. The molecule has 24 heavy (non-hydrogen) atoms. The largest absolute Gasteiger partial charge is 0.368 e. The third-order valence-corrected chi connectivity index (χ3v) is 4.82. The van der Waals surface area contributed by atoms with Gasteiger partial charge in [-0.05, 0) is 42.0 Å². The van der Waals surface area contributed by atoms with Crippen LogP contribution in [0.4, 0.5) is 5.82 Å². The lowest BCUT2D eigenvalue weighted by atomic mass is 10.1. The lowest BCUT2D eigenvalue weighted by Crippen LogP contribution is -2.28. The fourth-order valence-electron chi connectivity index (χ4n) is 2.66. The smallest absolute Gasteiger partial charge is 0.261 e. The highest BCUT2D eigenvalue weighted by Crippen LogP contribution is 2.23. The molecule has 2 aromatic heterocycles. The van der Waals surface area contributed by atoms with Crippen molar-refractivity contribution in [3.63, 3.8) is 0 Å². The molecule has 5 heteroatoms. The molecular formula is C19H21N3OS. The predicted octanol–water partition coefficient (Wildman–Crippen LogP) is 4.01. The van der Waals surface area contributed by atoms with Crippen LogP contribution in [0.5, 0.6) is 0 Å². The van der Waals surface area contributed by atoms with E-state index < -0.39 is 0 Å². The highest BCUT2D eigenvalue weighted by atomic mass is 32.1. The summed E-state index contributed by atoms with van der Waals surface area (Å²) in [5, 5.41) is 9.36. The van der Waals surface area contributed by atoms with Crippen LogP contribution >= 0.6 is 11.3 Å². The molecule has 4 nitrogen and oxygen atoms in total. The van der Waals surface area contributed by atoms with Crippen LogP contribution in [0.1, 0.15) is 27.7 Å². The second-order valence-electron chi connectivity index (χ2n) is 5.66. The van der Waals surface area contributed by atoms with Gasteiger partial charge in [0.25, 0.3) is 5.91 Å². The fourth-order valence-corrected chi connectivity index (χ4v) is 3.30. The summed E-state index contributed by atoms with van der Waals surface area (Å²) in [5.41, 5.74) is 3.39. The van der Waals surface area contributed by atoms with Crippen molar-refractivity contribution in [3.05, 3.63) is 57.8 Å². The SMILES string of the molecule is CCc1cc2cccc(C)c2nc1NCCNC(=O)c1cccs1. The van der Waals surface area contributed by atoms with E-state index in [-0.39, 0.29) is 5.91 Å². The number of benzene rings is 1. The van der Waals surface area contributed by atoms with E-state index in [9.17, 15) is 4.79 Å². The van der Waals surface area contributed by atoms with Gasteiger partial charge >= 0.3 is 0 Å². The Labute approximate surface area is 145 Å². The van der Waals surface area contributed by atoms with Gasteiger partial charge in [0, 0.05) is 18.5 Å². The van der Waals surface area contributed by atoms with Crippen molar-refractivity contribution < 1.29 is 4.79 Å². The predicted molar refractivity (Wildman–Crippen MR) is 101 cm³/mol. The van der Waals surface area contributed by atoms with Crippen LogP contribution in [0.15, 0.2) is 41.8 Å². The van der Waals surface area contributed by atoms with E-state index in [1.54, 1.807) is 0 Å². The van der Waals surface area contributed by atoms with Gasteiger partial charge in [0.2, 0.25) is 0 Å². The highest BCUT2D eigenvalue weighted by Gasteiger charge is 2.08. The number of rotatable bonds is 6. The van der Waals surface area contributed by atoms with Crippen LogP contribution in [-0.4, -0.2) is 24.0 Å². The van der Waals surface area contributed by atoms with Crippen LogP contribution in [-0.2, 0) is 6.42 Å². The zero-order valence-electron chi connectivity index (χ0n) is 13.9. The maximum absolute atomic E-state index is 11.9. The Balaban J connectivity index is 1.66. The minimum atomic E-state index is -0.0233.